The molecule has 3 aliphatic rings. The third kappa shape index (κ3) is 3.31. The van der Waals surface area contributed by atoms with Gasteiger partial charge in [-0.25, -0.2) is 4.98 Å². The molecule has 124 valence electrons. The number of aromatic nitrogens is 1. The minimum atomic E-state index is -0.0281. The number of rotatable bonds is 3. The predicted molar refractivity (Wildman–Crippen MR) is 79.5 cm³/mol. The summed E-state index contributed by atoms with van der Waals surface area (Å²) in [7, 11) is 0. The van der Waals surface area contributed by atoms with E-state index in [-0.39, 0.29) is 24.2 Å². The number of hydrogen-bond donors (Lipinski definition) is 0. The average molecular weight is 320 g/mol. The van der Waals surface area contributed by atoms with E-state index < -0.39 is 0 Å². The highest BCUT2D eigenvalue weighted by atomic mass is 16.6. The van der Waals surface area contributed by atoms with Crippen LogP contribution in [0, 0.1) is 0 Å². The second-order valence-corrected chi connectivity index (χ2v) is 6.11. The van der Waals surface area contributed by atoms with Crippen LogP contribution in [0.25, 0.3) is 0 Å². The molecule has 3 saturated heterocycles. The Bertz CT molecular complexity index is 563. The minimum absolute atomic E-state index is 0.0138. The molecule has 0 saturated carbocycles. The molecule has 3 atom stereocenters. The van der Waals surface area contributed by atoms with Crippen LogP contribution in [0.4, 0.5) is 0 Å². The summed E-state index contributed by atoms with van der Waals surface area (Å²) in [6.45, 7) is 3.50. The summed E-state index contributed by atoms with van der Waals surface area (Å²) in [6, 6.07) is 3.44. The largest absolute Gasteiger partial charge is 0.472 e. The Morgan fingerprint density at radius 3 is 2.78 bits per heavy atom. The Hall–Kier alpha value is -1.70. The number of ether oxygens (including phenoxy) is 4. The molecule has 1 aromatic heterocycles. The highest BCUT2D eigenvalue weighted by Crippen LogP contribution is 2.21. The third-order valence-corrected chi connectivity index (χ3v) is 4.28. The summed E-state index contributed by atoms with van der Waals surface area (Å²) in [4.78, 5) is 18.8. The van der Waals surface area contributed by atoms with Gasteiger partial charge in [0.15, 0.2) is 0 Å². The van der Waals surface area contributed by atoms with Crippen LogP contribution in [0.15, 0.2) is 18.3 Å². The van der Waals surface area contributed by atoms with Gasteiger partial charge in [-0.2, -0.15) is 0 Å². The Kier molecular flexibility index (Phi) is 4.15. The van der Waals surface area contributed by atoms with E-state index in [1.54, 1.807) is 18.3 Å². The van der Waals surface area contributed by atoms with E-state index in [1.807, 2.05) is 4.90 Å². The smallest absolute Gasteiger partial charge is 0.254 e. The number of amides is 1. The second kappa shape index (κ2) is 6.43. The van der Waals surface area contributed by atoms with Crippen molar-refractivity contribution in [2.45, 2.75) is 24.7 Å². The van der Waals surface area contributed by atoms with Crippen molar-refractivity contribution in [3.8, 4) is 5.88 Å². The molecular weight excluding hydrogens is 300 g/mol. The first-order valence-electron chi connectivity index (χ1n) is 8.01. The fourth-order valence-electron chi connectivity index (χ4n) is 3.17. The maximum absolute atomic E-state index is 12.7. The molecule has 3 fully saturated rings. The van der Waals surface area contributed by atoms with Crippen LogP contribution in [0.3, 0.4) is 0 Å². The van der Waals surface area contributed by atoms with Gasteiger partial charge in [-0.15, -0.1) is 0 Å². The number of nitrogens with zero attached hydrogens (tertiary/aromatic N) is 2. The van der Waals surface area contributed by atoms with Gasteiger partial charge >= 0.3 is 0 Å². The normalized spacial score (nSPS) is 30.3. The lowest BCUT2D eigenvalue weighted by Gasteiger charge is -2.41. The summed E-state index contributed by atoms with van der Waals surface area (Å²) in [6.07, 6.45) is 2.43. The average Bonchev–Trinajstić information content (AvgIpc) is 3.07. The number of morpholine rings is 1. The molecule has 23 heavy (non-hydrogen) atoms. The maximum atomic E-state index is 12.7. The van der Waals surface area contributed by atoms with Gasteiger partial charge in [-0.1, -0.05) is 0 Å². The minimum Gasteiger partial charge on any atom is -0.472 e. The van der Waals surface area contributed by atoms with E-state index in [0.29, 0.717) is 51.0 Å². The highest BCUT2D eigenvalue weighted by molar-refractivity contribution is 5.94. The van der Waals surface area contributed by atoms with Gasteiger partial charge in [0.2, 0.25) is 5.88 Å². The van der Waals surface area contributed by atoms with Crippen molar-refractivity contribution >= 4 is 5.91 Å². The van der Waals surface area contributed by atoms with Crippen molar-refractivity contribution in [3.05, 3.63) is 23.9 Å². The van der Waals surface area contributed by atoms with Crippen molar-refractivity contribution in [2.24, 2.45) is 0 Å². The van der Waals surface area contributed by atoms with Crippen molar-refractivity contribution < 1.29 is 23.7 Å². The van der Waals surface area contributed by atoms with Gasteiger partial charge in [-0.3, -0.25) is 4.79 Å². The van der Waals surface area contributed by atoms with E-state index in [0.717, 1.165) is 6.42 Å². The van der Waals surface area contributed by atoms with Gasteiger partial charge in [0, 0.05) is 37.3 Å². The zero-order chi connectivity index (χ0) is 15.6. The van der Waals surface area contributed by atoms with Crippen LogP contribution in [0.1, 0.15) is 16.8 Å². The first kappa shape index (κ1) is 14.9. The van der Waals surface area contributed by atoms with Crippen molar-refractivity contribution in [1.29, 1.82) is 0 Å². The summed E-state index contributed by atoms with van der Waals surface area (Å²) < 4.78 is 22.3. The van der Waals surface area contributed by atoms with Crippen molar-refractivity contribution in [3.63, 3.8) is 0 Å². The van der Waals surface area contributed by atoms with E-state index in [2.05, 4.69) is 4.98 Å². The molecular formula is C16H20N2O5. The quantitative estimate of drug-likeness (QED) is 0.807. The number of hydrogen-bond acceptors (Lipinski definition) is 6. The molecule has 1 aromatic rings. The lowest BCUT2D eigenvalue weighted by molar-refractivity contribution is -0.172. The zero-order valence-electron chi connectivity index (χ0n) is 12.8. The fourth-order valence-corrected chi connectivity index (χ4v) is 3.17. The summed E-state index contributed by atoms with van der Waals surface area (Å²) in [5, 5.41) is 0. The van der Waals surface area contributed by atoms with Crippen molar-refractivity contribution in [1.82, 2.24) is 9.88 Å². The predicted octanol–water partition coefficient (Wildman–Crippen LogP) is 0.489. The topological polar surface area (TPSA) is 70.1 Å². The monoisotopic (exact) mass is 320 g/mol. The molecule has 0 aromatic carbocycles. The standard InChI is InChI=1S/C16H20N2O5/c19-16(18-6-13-9-21-10-14(7-18)22-13)11-1-3-17-15(5-11)23-12-2-4-20-8-12/h1,3,5,12-14H,2,4,6-10H2. The van der Waals surface area contributed by atoms with E-state index in [4.69, 9.17) is 18.9 Å². The molecule has 0 spiro atoms. The van der Waals surface area contributed by atoms with Crippen LogP contribution >= 0.6 is 0 Å². The lowest BCUT2D eigenvalue weighted by atomic mass is 10.1. The first-order valence-corrected chi connectivity index (χ1v) is 8.01. The molecule has 2 bridgehead atoms. The van der Waals surface area contributed by atoms with Gasteiger partial charge in [0.05, 0.1) is 38.6 Å². The number of carbonyl (C=O) groups is 1. The lowest BCUT2D eigenvalue weighted by Crippen LogP contribution is -2.55. The van der Waals surface area contributed by atoms with Crippen LogP contribution in [-0.2, 0) is 14.2 Å². The fraction of sp³-hybridized carbons (Fsp3) is 0.625. The molecule has 0 aliphatic carbocycles. The Balaban J connectivity index is 1.45. The van der Waals surface area contributed by atoms with Crippen LogP contribution in [-0.4, -0.2) is 73.6 Å². The number of pyridine rings is 1. The van der Waals surface area contributed by atoms with E-state index in [9.17, 15) is 4.79 Å². The molecule has 4 rings (SSSR count). The summed E-state index contributed by atoms with van der Waals surface area (Å²) in [5.74, 6) is 0.461. The Morgan fingerprint density at radius 1 is 1.22 bits per heavy atom. The Labute approximate surface area is 134 Å². The van der Waals surface area contributed by atoms with Gasteiger partial charge in [0.1, 0.15) is 6.10 Å². The van der Waals surface area contributed by atoms with Gasteiger partial charge in [-0.05, 0) is 6.07 Å². The second-order valence-electron chi connectivity index (χ2n) is 6.11. The highest BCUT2D eigenvalue weighted by Gasteiger charge is 2.34. The SMILES string of the molecule is O=C(c1ccnc(OC2CCOC2)c1)N1CC2COCC(C1)O2. The molecule has 4 heterocycles. The first-order chi connectivity index (χ1) is 11.3. The molecule has 7 nitrogen and oxygen atoms in total. The zero-order valence-corrected chi connectivity index (χ0v) is 12.8. The molecule has 7 heteroatoms. The summed E-state index contributed by atoms with van der Waals surface area (Å²) in [5.41, 5.74) is 0.592. The van der Waals surface area contributed by atoms with E-state index in [1.165, 1.54) is 0 Å². The maximum Gasteiger partial charge on any atom is 0.254 e. The number of carbonyl (C=O) groups excluding carboxylic acids is 1. The van der Waals surface area contributed by atoms with E-state index >= 15 is 0 Å². The number of fused-ring (bicyclic) bond motifs is 2. The molecule has 3 aliphatic heterocycles. The molecule has 0 N–H and O–H groups in total. The Morgan fingerprint density at radius 2 is 2.04 bits per heavy atom. The molecule has 3 unspecified atom stereocenters. The summed E-state index contributed by atoms with van der Waals surface area (Å²) >= 11 is 0. The van der Waals surface area contributed by atoms with Gasteiger partial charge < -0.3 is 23.8 Å². The third-order valence-electron chi connectivity index (χ3n) is 4.28. The van der Waals surface area contributed by atoms with Crippen LogP contribution < -0.4 is 4.74 Å². The molecule has 1 amide bonds. The molecule has 0 radical (unpaired) electrons. The van der Waals surface area contributed by atoms with Gasteiger partial charge in [0.25, 0.3) is 5.91 Å². The van der Waals surface area contributed by atoms with Crippen molar-refractivity contribution in [2.75, 3.05) is 39.5 Å². The van der Waals surface area contributed by atoms with Crippen LogP contribution in [0.5, 0.6) is 5.88 Å². The van der Waals surface area contributed by atoms with Crippen LogP contribution in [0.2, 0.25) is 0 Å².